The van der Waals surface area contributed by atoms with Crippen molar-refractivity contribution in [2.75, 3.05) is 0 Å². The largest absolute Gasteiger partial charge is 0.409 e. The van der Waals surface area contributed by atoms with E-state index in [9.17, 15) is 0 Å². The zero-order valence-electron chi connectivity index (χ0n) is 8.98. The second-order valence-electron chi connectivity index (χ2n) is 3.97. The second kappa shape index (κ2) is 4.57. The molecular formula is C11H14BN3O. The number of nitrogens with two attached hydrogens (primary N) is 1. The monoisotopic (exact) mass is 215 g/mol. The molecule has 2 rings (SSSR count). The first-order valence-corrected chi connectivity index (χ1v) is 5.33. The van der Waals surface area contributed by atoms with Gasteiger partial charge in [-0.25, -0.2) is 0 Å². The van der Waals surface area contributed by atoms with E-state index in [-0.39, 0.29) is 11.9 Å². The zero-order chi connectivity index (χ0) is 11.5. The van der Waals surface area contributed by atoms with Gasteiger partial charge >= 0.3 is 0 Å². The third-order valence-electron chi connectivity index (χ3n) is 3.09. The Kier molecular flexibility index (Phi) is 3.15. The van der Waals surface area contributed by atoms with Crippen LogP contribution in [-0.2, 0) is 6.42 Å². The van der Waals surface area contributed by atoms with E-state index in [1.54, 1.807) is 0 Å². The van der Waals surface area contributed by atoms with E-state index in [0.29, 0.717) is 0 Å². The van der Waals surface area contributed by atoms with Gasteiger partial charge < -0.3 is 16.2 Å². The standard InChI is InChI=1S/C11H14BN3O/c12-14-10-6-2-3-7-8(10)4-1-5-9(7)11(13)15-16/h1,4-5,10,14,16H,2-3,6H2,(H2,13,15)/t10-/m0/s1. The summed E-state index contributed by atoms with van der Waals surface area (Å²) < 4.78 is 0. The van der Waals surface area contributed by atoms with Crippen LogP contribution in [0.2, 0.25) is 0 Å². The summed E-state index contributed by atoms with van der Waals surface area (Å²) in [7, 11) is 5.52. The molecule has 0 aliphatic heterocycles. The van der Waals surface area contributed by atoms with E-state index >= 15 is 0 Å². The Bertz CT molecular complexity index is 420. The fourth-order valence-corrected chi connectivity index (χ4v) is 2.32. The molecule has 0 fully saturated rings. The maximum absolute atomic E-state index is 8.74. The fraction of sp³-hybridized carbons (Fsp3) is 0.364. The Balaban J connectivity index is 2.51. The molecule has 0 amide bonds. The molecule has 2 radical (unpaired) electrons. The molecule has 4 nitrogen and oxygen atoms in total. The molecule has 16 heavy (non-hydrogen) atoms. The average Bonchev–Trinajstić information content (AvgIpc) is 2.36. The summed E-state index contributed by atoms with van der Waals surface area (Å²) in [5.41, 5.74) is 8.74. The molecule has 82 valence electrons. The lowest BCUT2D eigenvalue weighted by Crippen LogP contribution is -2.25. The van der Waals surface area contributed by atoms with Gasteiger partial charge in [-0.1, -0.05) is 23.4 Å². The summed E-state index contributed by atoms with van der Waals surface area (Å²) in [5.74, 6) is 0.162. The van der Waals surface area contributed by atoms with Gasteiger partial charge in [0.2, 0.25) is 0 Å². The topological polar surface area (TPSA) is 70.6 Å². The average molecular weight is 215 g/mol. The Morgan fingerprint density at radius 3 is 3.06 bits per heavy atom. The van der Waals surface area contributed by atoms with Gasteiger partial charge in [0.1, 0.15) is 0 Å². The van der Waals surface area contributed by atoms with Gasteiger partial charge in [0.25, 0.3) is 0 Å². The van der Waals surface area contributed by atoms with Crippen LogP contribution in [-0.4, -0.2) is 19.0 Å². The third-order valence-corrected chi connectivity index (χ3v) is 3.09. The van der Waals surface area contributed by atoms with Crippen LogP contribution >= 0.6 is 0 Å². The van der Waals surface area contributed by atoms with E-state index in [4.69, 9.17) is 18.9 Å². The summed E-state index contributed by atoms with van der Waals surface area (Å²) >= 11 is 0. The normalized spacial score (nSPS) is 20.5. The number of nitrogens with zero attached hydrogens (tertiary/aromatic N) is 1. The molecule has 5 heteroatoms. The summed E-state index contributed by atoms with van der Waals surface area (Å²) in [6.07, 6.45) is 3.01. The lowest BCUT2D eigenvalue weighted by Gasteiger charge is -2.27. The molecule has 0 heterocycles. The third kappa shape index (κ3) is 1.78. The van der Waals surface area contributed by atoms with Gasteiger partial charge in [-0.3, -0.25) is 0 Å². The van der Waals surface area contributed by atoms with Crippen LogP contribution < -0.4 is 11.0 Å². The number of oxime groups is 1. The van der Waals surface area contributed by atoms with Crippen molar-refractivity contribution in [2.24, 2.45) is 10.9 Å². The number of rotatable bonds is 2. The van der Waals surface area contributed by atoms with E-state index in [1.807, 2.05) is 18.2 Å². The van der Waals surface area contributed by atoms with Crippen molar-refractivity contribution in [3.63, 3.8) is 0 Å². The van der Waals surface area contributed by atoms with Crippen LogP contribution in [0.15, 0.2) is 23.4 Å². The van der Waals surface area contributed by atoms with Crippen LogP contribution in [0.4, 0.5) is 0 Å². The number of benzene rings is 1. The molecule has 1 aliphatic rings. The molecule has 0 saturated carbocycles. The lowest BCUT2D eigenvalue weighted by atomic mass is 9.84. The first-order valence-electron chi connectivity index (χ1n) is 5.33. The van der Waals surface area contributed by atoms with Gasteiger partial charge in [-0.15, -0.1) is 0 Å². The number of nitrogens with one attached hydrogen (secondary N) is 1. The molecule has 0 unspecified atom stereocenters. The van der Waals surface area contributed by atoms with Crippen molar-refractivity contribution in [2.45, 2.75) is 25.3 Å². The predicted octanol–water partition coefficient (Wildman–Crippen LogP) is 0.832. The molecule has 0 aromatic heterocycles. The highest BCUT2D eigenvalue weighted by atomic mass is 16.4. The van der Waals surface area contributed by atoms with Crippen LogP contribution in [0.25, 0.3) is 0 Å². The van der Waals surface area contributed by atoms with E-state index in [1.165, 1.54) is 0 Å². The lowest BCUT2D eigenvalue weighted by molar-refractivity contribution is 0.318. The molecule has 0 bridgehead atoms. The molecule has 1 atom stereocenters. The van der Waals surface area contributed by atoms with Gasteiger partial charge in [0.15, 0.2) is 13.8 Å². The first kappa shape index (κ1) is 11.0. The molecule has 0 saturated heterocycles. The highest BCUT2D eigenvalue weighted by Gasteiger charge is 2.21. The summed E-state index contributed by atoms with van der Waals surface area (Å²) in [6, 6.07) is 5.97. The fourth-order valence-electron chi connectivity index (χ4n) is 2.32. The molecule has 1 aliphatic carbocycles. The van der Waals surface area contributed by atoms with Crippen molar-refractivity contribution < 1.29 is 5.21 Å². The van der Waals surface area contributed by atoms with E-state index in [2.05, 4.69) is 10.4 Å². The smallest absolute Gasteiger partial charge is 0.178 e. The van der Waals surface area contributed by atoms with E-state index in [0.717, 1.165) is 36.0 Å². The van der Waals surface area contributed by atoms with Gasteiger partial charge in [0, 0.05) is 11.6 Å². The molecule has 4 N–H and O–H groups in total. The molecule has 0 spiro atoms. The minimum atomic E-state index is 0.162. The summed E-state index contributed by atoms with van der Waals surface area (Å²) in [4.78, 5) is 0. The summed E-state index contributed by atoms with van der Waals surface area (Å²) in [6.45, 7) is 0. The number of amidine groups is 1. The molecular weight excluding hydrogens is 201 g/mol. The number of hydrogen-bond acceptors (Lipinski definition) is 3. The molecule has 1 aromatic rings. The Morgan fingerprint density at radius 2 is 2.38 bits per heavy atom. The van der Waals surface area contributed by atoms with Gasteiger partial charge in [0.05, 0.1) is 0 Å². The molecule has 1 aromatic carbocycles. The van der Waals surface area contributed by atoms with Crippen molar-refractivity contribution in [3.8, 4) is 0 Å². The Hall–Kier alpha value is -1.49. The minimum Gasteiger partial charge on any atom is -0.409 e. The summed E-state index contributed by atoms with van der Waals surface area (Å²) in [5, 5.41) is 14.6. The number of fused-ring (bicyclic) bond motifs is 1. The van der Waals surface area contributed by atoms with Crippen molar-refractivity contribution in [1.82, 2.24) is 5.23 Å². The second-order valence-corrected chi connectivity index (χ2v) is 3.97. The minimum absolute atomic E-state index is 0.162. The van der Waals surface area contributed by atoms with Crippen LogP contribution in [0.3, 0.4) is 0 Å². The van der Waals surface area contributed by atoms with Crippen LogP contribution in [0, 0.1) is 0 Å². The van der Waals surface area contributed by atoms with Gasteiger partial charge in [-0.05, 0) is 30.4 Å². The quantitative estimate of drug-likeness (QED) is 0.225. The van der Waals surface area contributed by atoms with Crippen molar-refractivity contribution in [3.05, 3.63) is 34.9 Å². The Morgan fingerprint density at radius 1 is 1.56 bits per heavy atom. The zero-order valence-corrected chi connectivity index (χ0v) is 8.98. The SMILES string of the molecule is [B]N[C@H]1CCCc2c(C(N)=NO)cccc21. The maximum Gasteiger partial charge on any atom is 0.178 e. The van der Waals surface area contributed by atoms with Gasteiger partial charge in [-0.2, -0.15) is 0 Å². The van der Waals surface area contributed by atoms with Crippen LogP contribution in [0.5, 0.6) is 0 Å². The Labute approximate surface area is 96.0 Å². The van der Waals surface area contributed by atoms with Crippen molar-refractivity contribution in [1.29, 1.82) is 0 Å². The first-order chi connectivity index (χ1) is 7.77. The van der Waals surface area contributed by atoms with Crippen molar-refractivity contribution >= 4 is 13.8 Å². The van der Waals surface area contributed by atoms with Crippen LogP contribution in [0.1, 0.15) is 35.6 Å². The van der Waals surface area contributed by atoms with E-state index < -0.39 is 0 Å². The highest BCUT2D eigenvalue weighted by molar-refractivity contribution is 6.04. The highest BCUT2D eigenvalue weighted by Crippen LogP contribution is 2.31. The maximum atomic E-state index is 8.74. The number of hydrogen-bond donors (Lipinski definition) is 3. The predicted molar refractivity (Wildman–Crippen MR) is 63.5 cm³/mol.